The molecule has 0 fully saturated rings. The Kier molecular flexibility index (Phi) is 3.52. The van der Waals surface area contributed by atoms with Crippen LogP contribution in [0.4, 0.5) is 0 Å². The molecule has 1 aliphatic carbocycles. The quantitative estimate of drug-likeness (QED) is 0.485. The lowest BCUT2D eigenvalue weighted by Crippen LogP contribution is -2.23. The van der Waals surface area contributed by atoms with Crippen molar-refractivity contribution in [2.75, 3.05) is 0 Å². The molecule has 3 aromatic carbocycles. The van der Waals surface area contributed by atoms with Crippen LogP contribution in [0.2, 0.25) is 0 Å². The molecule has 3 heteroatoms. The van der Waals surface area contributed by atoms with Crippen LogP contribution in [0.15, 0.2) is 66.7 Å². The number of carbonyl (C=O) groups excluding carboxylic acids is 1. The molecule has 0 saturated heterocycles. The van der Waals surface area contributed by atoms with Gasteiger partial charge in [-0.2, -0.15) is 0 Å². The maximum atomic E-state index is 13.1. The van der Waals surface area contributed by atoms with Crippen LogP contribution in [0, 0.1) is 0 Å². The zero-order chi connectivity index (χ0) is 17.5. The Morgan fingerprint density at radius 2 is 1.50 bits per heavy atom. The van der Waals surface area contributed by atoms with Gasteiger partial charge in [-0.1, -0.05) is 42.5 Å². The van der Waals surface area contributed by atoms with Gasteiger partial charge in [0.1, 0.15) is 23.2 Å². The van der Waals surface area contributed by atoms with E-state index in [0.29, 0.717) is 17.2 Å². The summed E-state index contributed by atoms with van der Waals surface area (Å²) in [4.78, 5) is 13.1. The van der Waals surface area contributed by atoms with E-state index < -0.39 is 5.92 Å². The molecular weight excluding hydrogens is 324 g/mol. The molecule has 1 heterocycles. The largest absolute Gasteiger partial charge is 0.457 e. The van der Waals surface area contributed by atoms with Gasteiger partial charge in [0.25, 0.3) is 0 Å². The van der Waals surface area contributed by atoms with Gasteiger partial charge in [0.15, 0.2) is 0 Å². The second kappa shape index (κ2) is 6.03. The summed E-state index contributed by atoms with van der Waals surface area (Å²) in [7, 11) is 0. The van der Waals surface area contributed by atoms with E-state index in [2.05, 4.69) is 6.07 Å². The normalized spacial score (nSPS) is 14.8. The van der Waals surface area contributed by atoms with Crippen molar-refractivity contribution in [2.24, 2.45) is 0 Å². The average Bonchev–Trinajstić information content (AvgIpc) is 3.13. The Bertz CT molecular complexity index is 960. The molecule has 0 saturated carbocycles. The van der Waals surface area contributed by atoms with Crippen molar-refractivity contribution in [2.45, 2.75) is 25.2 Å². The number of ether oxygens (including phenoxy) is 2. The molecule has 0 amide bonds. The molecule has 3 aromatic rings. The number of rotatable bonds is 2. The molecule has 0 spiro atoms. The van der Waals surface area contributed by atoms with E-state index in [4.69, 9.17) is 9.47 Å². The lowest BCUT2D eigenvalue weighted by atomic mass is 9.88. The molecule has 0 N–H and O–H groups in total. The van der Waals surface area contributed by atoms with E-state index >= 15 is 0 Å². The monoisotopic (exact) mass is 342 g/mol. The third kappa shape index (κ3) is 2.48. The van der Waals surface area contributed by atoms with Crippen LogP contribution in [-0.4, -0.2) is 5.97 Å². The third-order valence-electron chi connectivity index (χ3n) is 5.20. The van der Waals surface area contributed by atoms with E-state index in [-0.39, 0.29) is 5.97 Å². The topological polar surface area (TPSA) is 35.5 Å². The highest BCUT2D eigenvalue weighted by Gasteiger charge is 2.34. The van der Waals surface area contributed by atoms with Gasteiger partial charge in [0.05, 0.1) is 0 Å². The highest BCUT2D eigenvalue weighted by molar-refractivity contribution is 5.87. The van der Waals surface area contributed by atoms with Gasteiger partial charge in [-0.15, -0.1) is 0 Å². The Labute approximate surface area is 152 Å². The highest BCUT2D eigenvalue weighted by Crippen LogP contribution is 2.44. The Morgan fingerprint density at radius 1 is 0.846 bits per heavy atom. The molecule has 128 valence electrons. The minimum absolute atomic E-state index is 0.272. The number of esters is 1. The van der Waals surface area contributed by atoms with Crippen LogP contribution < -0.4 is 9.47 Å². The molecule has 0 aromatic heterocycles. The molecule has 0 unspecified atom stereocenters. The molecule has 26 heavy (non-hydrogen) atoms. The first-order chi connectivity index (χ1) is 12.8. The molecule has 2 aliphatic rings. The van der Waals surface area contributed by atoms with E-state index in [1.807, 2.05) is 60.7 Å². The fourth-order valence-electron chi connectivity index (χ4n) is 3.95. The minimum Gasteiger partial charge on any atom is -0.457 e. The molecule has 5 rings (SSSR count). The summed E-state index contributed by atoms with van der Waals surface area (Å²) < 4.78 is 11.8. The number of hydrogen-bond acceptors (Lipinski definition) is 3. The van der Waals surface area contributed by atoms with Crippen LogP contribution in [0.3, 0.4) is 0 Å². The van der Waals surface area contributed by atoms with Crippen LogP contribution in [0.5, 0.6) is 17.2 Å². The average molecular weight is 342 g/mol. The van der Waals surface area contributed by atoms with Crippen molar-refractivity contribution in [3.63, 3.8) is 0 Å². The predicted octanol–water partition coefficient (Wildman–Crippen LogP) is 5.02. The summed E-state index contributed by atoms with van der Waals surface area (Å²) in [5, 5.41) is 0. The van der Waals surface area contributed by atoms with Crippen LogP contribution in [0.1, 0.15) is 34.6 Å². The number of hydrogen-bond donors (Lipinski definition) is 0. The Morgan fingerprint density at radius 3 is 2.23 bits per heavy atom. The Balaban J connectivity index is 1.52. The standard InChI is InChI=1S/C23H18O3/c24-23(25-17-13-12-15-6-5-7-16(15)14-17)22-18-8-1-3-10-20(18)26-21-11-4-2-9-19(21)22/h1-4,8-14,22H,5-7H2. The molecular formula is C23H18O3. The van der Waals surface area contributed by atoms with Crippen molar-refractivity contribution in [1.29, 1.82) is 0 Å². The first-order valence-corrected chi connectivity index (χ1v) is 8.99. The van der Waals surface area contributed by atoms with Gasteiger partial charge in [-0.25, -0.2) is 0 Å². The molecule has 0 bridgehead atoms. The summed E-state index contributed by atoms with van der Waals surface area (Å²) in [6.45, 7) is 0. The van der Waals surface area contributed by atoms with Gasteiger partial charge >= 0.3 is 5.97 Å². The fourth-order valence-corrected chi connectivity index (χ4v) is 3.95. The third-order valence-corrected chi connectivity index (χ3v) is 5.20. The summed E-state index contributed by atoms with van der Waals surface area (Å²) in [6, 6.07) is 21.3. The zero-order valence-electron chi connectivity index (χ0n) is 14.3. The summed E-state index contributed by atoms with van der Waals surface area (Å²) >= 11 is 0. The molecule has 0 radical (unpaired) electrons. The second-order valence-corrected chi connectivity index (χ2v) is 6.82. The molecule has 1 aliphatic heterocycles. The van der Waals surface area contributed by atoms with Gasteiger partial charge in [-0.3, -0.25) is 4.79 Å². The summed E-state index contributed by atoms with van der Waals surface area (Å²) in [5.41, 5.74) is 4.35. The number of benzene rings is 3. The SMILES string of the molecule is O=C(Oc1ccc2c(c1)CCC2)C1c2ccccc2Oc2ccccc21. The van der Waals surface area contributed by atoms with Crippen molar-refractivity contribution >= 4 is 5.97 Å². The van der Waals surface area contributed by atoms with Gasteiger partial charge < -0.3 is 9.47 Å². The highest BCUT2D eigenvalue weighted by atomic mass is 16.5. The van der Waals surface area contributed by atoms with Crippen LogP contribution in [0.25, 0.3) is 0 Å². The first kappa shape index (κ1) is 15.2. The maximum absolute atomic E-state index is 13.1. The van der Waals surface area contributed by atoms with Gasteiger partial charge in [0, 0.05) is 11.1 Å². The van der Waals surface area contributed by atoms with E-state index in [1.54, 1.807) is 0 Å². The first-order valence-electron chi connectivity index (χ1n) is 8.99. The Hall–Kier alpha value is -3.07. The van der Waals surface area contributed by atoms with Crippen molar-refractivity contribution in [3.05, 3.63) is 89.0 Å². The number of fused-ring (bicyclic) bond motifs is 3. The lowest BCUT2D eigenvalue weighted by molar-refractivity contribution is -0.135. The smallest absolute Gasteiger partial charge is 0.323 e. The minimum atomic E-state index is -0.482. The summed E-state index contributed by atoms with van der Waals surface area (Å²) in [5.74, 6) is 1.29. The second-order valence-electron chi connectivity index (χ2n) is 6.82. The summed E-state index contributed by atoms with van der Waals surface area (Å²) in [6.07, 6.45) is 3.35. The number of para-hydroxylation sites is 2. The van der Waals surface area contributed by atoms with E-state index in [0.717, 1.165) is 24.0 Å². The van der Waals surface area contributed by atoms with Crippen molar-refractivity contribution in [1.82, 2.24) is 0 Å². The van der Waals surface area contributed by atoms with Crippen molar-refractivity contribution in [3.8, 4) is 17.2 Å². The fraction of sp³-hybridized carbons (Fsp3) is 0.174. The zero-order valence-corrected chi connectivity index (χ0v) is 14.3. The maximum Gasteiger partial charge on any atom is 0.323 e. The van der Waals surface area contributed by atoms with Crippen molar-refractivity contribution < 1.29 is 14.3 Å². The number of aryl methyl sites for hydroxylation is 2. The predicted molar refractivity (Wildman–Crippen MR) is 98.9 cm³/mol. The van der Waals surface area contributed by atoms with Crippen LogP contribution in [-0.2, 0) is 17.6 Å². The van der Waals surface area contributed by atoms with Gasteiger partial charge in [-0.05, 0) is 54.7 Å². The molecule has 0 atom stereocenters. The van der Waals surface area contributed by atoms with Gasteiger partial charge in [0.2, 0.25) is 0 Å². The van der Waals surface area contributed by atoms with E-state index in [1.165, 1.54) is 17.5 Å². The lowest BCUT2D eigenvalue weighted by Gasteiger charge is -2.26. The molecule has 3 nitrogen and oxygen atoms in total. The number of carbonyl (C=O) groups is 1. The van der Waals surface area contributed by atoms with E-state index in [9.17, 15) is 4.79 Å². The van der Waals surface area contributed by atoms with Crippen LogP contribution >= 0.6 is 0 Å².